The highest BCUT2D eigenvalue weighted by atomic mass is 16.6. The summed E-state index contributed by atoms with van der Waals surface area (Å²) < 4.78 is 22.9. The third-order valence-electron chi connectivity index (χ3n) is 7.50. The van der Waals surface area contributed by atoms with Crippen LogP contribution in [0.15, 0.2) is 48.5 Å². The molecule has 0 atom stereocenters. The first-order chi connectivity index (χ1) is 21.3. The molecule has 13 heteroatoms. The largest absolute Gasteiger partial charge is 0.496 e. The topological polar surface area (TPSA) is 136 Å². The summed E-state index contributed by atoms with van der Waals surface area (Å²) in [5.41, 5.74) is 2.23. The fourth-order valence-corrected chi connectivity index (χ4v) is 5.05. The lowest BCUT2D eigenvalue weighted by molar-refractivity contribution is -0.385. The highest BCUT2D eigenvalue weighted by Gasteiger charge is 2.39. The number of nitrogens with zero attached hydrogens (tertiary/aromatic N) is 4. The summed E-state index contributed by atoms with van der Waals surface area (Å²) in [6.07, 6.45) is -0.505. The maximum atomic E-state index is 13.4. The standard InChI is InChI=1S/C32H39N5O8/c1-32(2)30(38)36(6)29-24(19-44-28-17-20(37(40)41)9-14-26(28)42-7)22(12-13-25(29)33-32)23-11-10-21(18-27(23)43-8)45-31(39)35(5)16-15-34(3)4/h9-14,17-18,33H,15-16,19H2,1-8H3. The van der Waals surface area contributed by atoms with Crippen molar-refractivity contribution in [1.29, 1.82) is 0 Å². The molecule has 0 saturated heterocycles. The second kappa shape index (κ2) is 13.3. The molecule has 1 N–H and O–H groups in total. The van der Waals surface area contributed by atoms with Crippen LogP contribution in [0.5, 0.6) is 23.0 Å². The minimum atomic E-state index is -0.854. The monoisotopic (exact) mass is 621 g/mol. The molecule has 240 valence electrons. The van der Waals surface area contributed by atoms with E-state index < -0.39 is 16.6 Å². The number of nitro groups is 1. The first-order valence-corrected chi connectivity index (χ1v) is 14.2. The second-order valence-corrected chi connectivity index (χ2v) is 11.4. The number of hydrogen-bond donors (Lipinski definition) is 1. The summed E-state index contributed by atoms with van der Waals surface area (Å²) in [4.78, 5) is 42.0. The molecular weight excluding hydrogens is 582 g/mol. The van der Waals surface area contributed by atoms with E-state index in [2.05, 4.69) is 5.32 Å². The van der Waals surface area contributed by atoms with Crippen molar-refractivity contribution in [3.05, 3.63) is 64.2 Å². The van der Waals surface area contributed by atoms with Crippen molar-refractivity contribution in [3.63, 3.8) is 0 Å². The number of benzene rings is 3. The molecule has 0 spiro atoms. The number of carbonyl (C=O) groups is 2. The van der Waals surface area contributed by atoms with Crippen LogP contribution in [0.25, 0.3) is 11.1 Å². The number of amides is 2. The minimum Gasteiger partial charge on any atom is -0.496 e. The zero-order valence-electron chi connectivity index (χ0n) is 26.8. The highest BCUT2D eigenvalue weighted by Crippen LogP contribution is 2.45. The van der Waals surface area contributed by atoms with Gasteiger partial charge in [-0.1, -0.05) is 6.07 Å². The van der Waals surface area contributed by atoms with Crippen molar-refractivity contribution in [2.45, 2.75) is 26.0 Å². The lowest BCUT2D eigenvalue weighted by atomic mass is 9.91. The summed E-state index contributed by atoms with van der Waals surface area (Å²) in [6, 6.07) is 12.9. The molecule has 0 unspecified atom stereocenters. The van der Waals surface area contributed by atoms with Gasteiger partial charge in [0, 0.05) is 50.4 Å². The summed E-state index contributed by atoms with van der Waals surface area (Å²) in [6.45, 7) is 4.70. The Balaban J connectivity index is 1.77. The van der Waals surface area contributed by atoms with E-state index in [1.165, 1.54) is 37.3 Å². The van der Waals surface area contributed by atoms with Gasteiger partial charge in [0.2, 0.25) is 0 Å². The van der Waals surface area contributed by atoms with Crippen LogP contribution in [0.4, 0.5) is 21.9 Å². The summed E-state index contributed by atoms with van der Waals surface area (Å²) in [7, 11) is 10.2. The van der Waals surface area contributed by atoms with Gasteiger partial charge in [0.1, 0.15) is 23.6 Å². The van der Waals surface area contributed by atoms with Crippen LogP contribution in [0.1, 0.15) is 19.4 Å². The number of fused-ring (bicyclic) bond motifs is 1. The van der Waals surface area contributed by atoms with Crippen molar-refractivity contribution >= 4 is 29.1 Å². The highest BCUT2D eigenvalue weighted by molar-refractivity contribution is 6.08. The molecule has 1 heterocycles. The lowest BCUT2D eigenvalue weighted by Crippen LogP contribution is -2.52. The van der Waals surface area contributed by atoms with Crippen LogP contribution in [-0.4, -0.2) is 87.8 Å². The average molecular weight is 622 g/mol. The van der Waals surface area contributed by atoms with Gasteiger partial charge >= 0.3 is 6.09 Å². The number of rotatable bonds is 11. The van der Waals surface area contributed by atoms with Crippen molar-refractivity contribution in [1.82, 2.24) is 9.80 Å². The predicted octanol–water partition coefficient (Wildman–Crippen LogP) is 5.02. The predicted molar refractivity (Wildman–Crippen MR) is 171 cm³/mol. The number of likely N-dealkylation sites (N-methyl/N-ethyl adjacent to an activating group) is 3. The Hall–Kier alpha value is -5.04. The van der Waals surface area contributed by atoms with Gasteiger partial charge in [0.25, 0.3) is 11.6 Å². The molecule has 0 bridgehead atoms. The van der Waals surface area contributed by atoms with Crippen molar-refractivity contribution in [2.24, 2.45) is 0 Å². The number of hydrogen-bond acceptors (Lipinski definition) is 10. The normalized spacial score (nSPS) is 13.5. The van der Waals surface area contributed by atoms with E-state index in [1.807, 2.05) is 31.1 Å². The summed E-state index contributed by atoms with van der Waals surface area (Å²) >= 11 is 0. The Kier molecular flexibility index (Phi) is 9.72. The van der Waals surface area contributed by atoms with E-state index in [0.717, 1.165) is 0 Å². The second-order valence-electron chi connectivity index (χ2n) is 11.4. The van der Waals surface area contributed by atoms with Crippen molar-refractivity contribution in [2.75, 3.05) is 65.7 Å². The third-order valence-corrected chi connectivity index (χ3v) is 7.50. The SMILES string of the molecule is COc1ccc([N+](=O)[O-])cc1OCc1c(-c2ccc(OC(=O)N(C)CCN(C)C)cc2OC)ccc2c1N(C)C(=O)C(C)(C)N2. The molecule has 1 aliphatic heterocycles. The quantitative estimate of drug-likeness (QED) is 0.230. The van der Waals surface area contributed by atoms with E-state index in [-0.39, 0.29) is 24.0 Å². The Morgan fingerprint density at radius 2 is 1.64 bits per heavy atom. The Labute approximate surface area is 262 Å². The van der Waals surface area contributed by atoms with E-state index >= 15 is 0 Å². The fourth-order valence-electron chi connectivity index (χ4n) is 5.05. The van der Waals surface area contributed by atoms with Gasteiger partial charge in [-0.25, -0.2) is 4.79 Å². The van der Waals surface area contributed by atoms with E-state index in [0.29, 0.717) is 58.4 Å². The summed E-state index contributed by atoms with van der Waals surface area (Å²) in [5.74, 6) is 1.04. The fraction of sp³-hybridized carbons (Fsp3) is 0.375. The average Bonchev–Trinajstić information content (AvgIpc) is 3.00. The Bertz CT molecular complexity index is 1610. The van der Waals surface area contributed by atoms with E-state index in [1.54, 1.807) is 51.0 Å². The number of non-ortho nitro benzene ring substituents is 1. The van der Waals surface area contributed by atoms with Crippen LogP contribution in [0.3, 0.4) is 0 Å². The van der Waals surface area contributed by atoms with E-state index in [4.69, 9.17) is 18.9 Å². The lowest BCUT2D eigenvalue weighted by Gasteiger charge is -2.39. The molecule has 13 nitrogen and oxygen atoms in total. The van der Waals surface area contributed by atoms with Crippen LogP contribution < -0.4 is 29.2 Å². The smallest absolute Gasteiger partial charge is 0.415 e. The molecule has 1 aliphatic rings. The molecule has 0 saturated carbocycles. The molecular formula is C32H39N5O8. The van der Waals surface area contributed by atoms with Crippen molar-refractivity contribution in [3.8, 4) is 34.1 Å². The number of ether oxygens (including phenoxy) is 4. The number of nitro benzene ring substituents is 1. The molecule has 0 aliphatic carbocycles. The Morgan fingerprint density at radius 3 is 2.29 bits per heavy atom. The molecule has 4 rings (SSSR count). The number of carbonyl (C=O) groups excluding carboxylic acids is 2. The van der Waals surface area contributed by atoms with Crippen LogP contribution in [-0.2, 0) is 11.4 Å². The maximum absolute atomic E-state index is 13.4. The molecule has 45 heavy (non-hydrogen) atoms. The summed E-state index contributed by atoms with van der Waals surface area (Å²) in [5, 5.41) is 14.8. The number of nitrogens with one attached hydrogen (secondary N) is 1. The zero-order valence-corrected chi connectivity index (χ0v) is 26.8. The maximum Gasteiger partial charge on any atom is 0.415 e. The third kappa shape index (κ3) is 7.04. The zero-order chi connectivity index (χ0) is 33.1. The van der Waals surface area contributed by atoms with Crippen molar-refractivity contribution < 1.29 is 33.5 Å². The van der Waals surface area contributed by atoms with Gasteiger partial charge in [-0.3, -0.25) is 14.9 Å². The Morgan fingerprint density at radius 1 is 0.956 bits per heavy atom. The molecule has 2 amide bonds. The van der Waals surface area contributed by atoms with Crippen LogP contribution >= 0.6 is 0 Å². The minimum absolute atomic E-state index is 0.0771. The number of anilines is 2. The molecule has 3 aromatic carbocycles. The van der Waals surface area contributed by atoms with Crippen LogP contribution in [0.2, 0.25) is 0 Å². The van der Waals surface area contributed by atoms with Gasteiger partial charge in [0.05, 0.1) is 36.6 Å². The molecule has 3 aromatic rings. The van der Waals surface area contributed by atoms with Gasteiger partial charge in [-0.05, 0) is 57.8 Å². The molecule has 0 aromatic heterocycles. The van der Waals surface area contributed by atoms with Gasteiger partial charge in [0.15, 0.2) is 11.5 Å². The number of methoxy groups -OCH3 is 2. The molecule has 0 radical (unpaired) electrons. The first-order valence-electron chi connectivity index (χ1n) is 14.2. The molecule has 0 fully saturated rings. The first kappa shape index (κ1) is 32.9. The van der Waals surface area contributed by atoms with Gasteiger partial charge in [-0.2, -0.15) is 0 Å². The van der Waals surface area contributed by atoms with E-state index in [9.17, 15) is 19.7 Å². The van der Waals surface area contributed by atoms with Gasteiger partial charge in [-0.15, -0.1) is 0 Å². The van der Waals surface area contributed by atoms with Crippen LogP contribution in [0, 0.1) is 10.1 Å². The van der Waals surface area contributed by atoms with Gasteiger partial charge < -0.3 is 39.0 Å².